The molecule has 0 unspecified atom stereocenters. The van der Waals surface area contributed by atoms with Crippen LogP contribution in [0.15, 0.2) is 47.1 Å². The van der Waals surface area contributed by atoms with Crippen molar-refractivity contribution in [3.63, 3.8) is 0 Å². The van der Waals surface area contributed by atoms with E-state index in [4.69, 9.17) is 30.5 Å². The molecule has 0 saturated heterocycles. The lowest BCUT2D eigenvalue weighted by molar-refractivity contribution is -0.129. The van der Waals surface area contributed by atoms with Gasteiger partial charge in [-0.1, -0.05) is 11.6 Å². The van der Waals surface area contributed by atoms with E-state index in [2.05, 4.69) is 4.99 Å². The zero-order valence-electron chi connectivity index (χ0n) is 16.0. The highest BCUT2D eigenvalue weighted by Gasteiger charge is 2.24. The lowest BCUT2D eigenvalue weighted by Gasteiger charge is -2.15. The first-order chi connectivity index (χ1) is 13.4. The minimum atomic E-state index is -0.539. The van der Waals surface area contributed by atoms with Crippen molar-refractivity contribution < 1.29 is 23.7 Å². The van der Waals surface area contributed by atoms with Crippen molar-refractivity contribution in [3.8, 4) is 17.2 Å². The van der Waals surface area contributed by atoms with Crippen molar-refractivity contribution in [1.29, 1.82) is 0 Å². The molecule has 28 heavy (non-hydrogen) atoms. The number of halogens is 1. The van der Waals surface area contributed by atoms with Crippen LogP contribution in [0.5, 0.6) is 17.2 Å². The van der Waals surface area contributed by atoms with Crippen molar-refractivity contribution in [1.82, 2.24) is 0 Å². The molecule has 0 spiro atoms. The predicted molar refractivity (Wildman–Crippen MR) is 107 cm³/mol. The number of carbonyl (C=O) groups is 1. The first-order valence-electron chi connectivity index (χ1n) is 8.62. The lowest BCUT2D eigenvalue weighted by atomic mass is 10.1. The van der Waals surface area contributed by atoms with E-state index >= 15 is 0 Å². The molecular formula is C21H20ClNO5. The van der Waals surface area contributed by atoms with E-state index in [-0.39, 0.29) is 17.7 Å². The average Bonchev–Trinajstić information content (AvgIpc) is 3.04. The van der Waals surface area contributed by atoms with Crippen molar-refractivity contribution >= 4 is 29.5 Å². The third-order valence-corrected chi connectivity index (χ3v) is 4.15. The third kappa shape index (κ3) is 4.28. The second-order valence-corrected chi connectivity index (χ2v) is 6.67. The van der Waals surface area contributed by atoms with E-state index in [9.17, 15) is 4.79 Å². The van der Waals surface area contributed by atoms with Crippen LogP contribution in [-0.4, -0.2) is 32.2 Å². The maximum Gasteiger partial charge on any atom is 0.363 e. The summed E-state index contributed by atoms with van der Waals surface area (Å²) in [4.78, 5) is 16.5. The van der Waals surface area contributed by atoms with Crippen LogP contribution in [0.3, 0.4) is 0 Å². The summed E-state index contributed by atoms with van der Waals surface area (Å²) in [6, 6.07) is 10.5. The molecule has 0 saturated carbocycles. The van der Waals surface area contributed by atoms with Crippen LogP contribution in [0.25, 0.3) is 6.08 Å². The van der Waals surface area contributed by atoms with Gasteiger partial charge in [-0.3, -0.25) is 0 Å². The van der Waals surface area contributed by atoms with Crippen LogP contribution in [0.1, 0.15) is 25.0 Å². The van der Waals surface area contributed by atoms with Gasteiger partial charge in [0.05, 0.1) is 25.3 Å². The van der Waals surface area contributed by atoms with Gasteiger partial charge in [-0.15, -0.1) is 0 Å². The summed E-state index contributed by atoms with van der Waals surface area (Å²) in [6.45, 7) is 3.80. The molecule has 7 heteroatoms. The minimum Gasteiger partial charge on any atom is -0.497 e. The molecule has 2 aromatic rings. The Balaban J connectivity index is 1.92. The van der Waals surface area contributed by atoms with Gasteiger partial charge in [0, 0.05) is 5.56 Å². The maximum atomic E-state index is 12.2. The molecule has 1 aliphatic rings. The van der Waals surface area contributed by atoms with E-state index in [0.29, 0.717) is 33.4 Å². The van der Waals surface area contributed by atoms with E-state index < -0.39 is 5.97 Å². The molecule has 0 atom stereocenters. The molecule has 6 nitrogen and oxygen atoms in total. The van der Waals surface area contributed by atoms with Gasteiger partial charge in [-0.2, -0.15) is 0 Å². The maximum absolute atomic E-state index is 12.2. The highest BCUT2D eigenvalue weighted by molar-refractivity contribution is 6.32. The van der Waals surface area contributed by atoms with Gasteiger partial charge in [0.15, 0.2) is 17.2 Å². The summed E-state index contributed by atoms with van der Waals surface area (Å²) in [6.07, 6.45) is 1.53. The summed E-state index contributed by atoms with van der Waals surface area (Å²) in [7, 11) is 3.11. The molecular weight excluding hydrogens is 382 g/mol. The number of carbonyl (C=O) groups excluding carboxylic acids is 1. The Morgan fingerprint density at radius 2 is 1.82 bits per heavy atom. The van der Waals surface area contributed by atoms with E-state index in [1.165, 1.54) is 7.11 Å². The van der Waals surface area contributed by atoms with Crippen LogP contribution in [-0.2, 0) is 9.53 Å². The van der Waals surface area contributed by atoms with Gasteiger partial charge in [-0.05, 0) is 61.9 Å². The zero-order chi connectivity index (χ0) is 20.3. The Kier molecular flexibility index (Phi) is 5.90. The second-order valence-electron chi connectivity index (χ2n) is 6.27. The molecule has 0 aromatic heterocycles. The number of hydrogen-bond donors (Lipinski definition) is 0. The van der Waals surface area contributed by atoms with Crippen molar-refractivity contribution in [3.05, 3.63) is 58.2 Å². The van der Waals surface area contributed by atoms with Crippen LogP contribution < -0.4 is 14.2 Å². The second kappa shape index (κ2) is 8.35. The van der Waals surface area contributed by atoms with Crippen LogP contribution in [0, 0.1) is 0 Å². The largest absolute Gasteiger partial charge is 0.497 e. The van der Waals surface area contributed by atoms with Gasteiger partial charge < -0.3 is 18.9 Å². The van der Waals surface area contributed by atoms with E-state index in [1.54, 1.807) is 49.6 Å². The Hall–Kier alpha value is -2.99. The predicted octanol–water partition coefficient (Wildman–Crippen LogP) is 4.49. The molecule has 1 aliphatic heterocycles. The van der Waals surface area contributed by atoms with Crippen LogP contribution in [0.4, 0.5) is 0 Å². The molecule has 0 N–H and O–H groups in total. The number of aliphatic imine (C=N–C) groups is 1. The van der Waals surface area contributed by atoms with Crippen molar-refractivity contribution in [2.75, 3.05) is 14.2 Å². The summed E-state index contributed by atoms with van der Waals surface area (Å²) in [5, 5.41) is 0.380. The molecule has 2 aromatic carbocycles. The number of nitrogens with zero attached hydrogens (tertiary/aromatic N) is 1. The first-order valence-corrected chi connectivity index (χ1v) is 9.00. The lowest BCUT2D eigenvalue weighted by Crippen LogP contribution is -2.07. The number of rotatable bonds is 6. The molecule has 146 valence electrons. The standard InChI is InChI=1S/C21H20ClNO5/c1-12(2)27-19-16(22)9-13(11-18(19)26-4)10-17-21(24)28-20(23-17)14-5-7-15(25-3)8-6-14/h5-12H,1-4H3/b17-10+. The Bertz CT molecular complexity index is 948. The Morgan fingerprint density at radius 1 is 1.11 bits per heavy atom. The molecule has 0 bridgehead atoms. The fourth-order valence-electron chi connectivity index (χ4n) is 2.60. The van der Waals surface area contributed by atoms with Crippen LogP contribution >= 0.6 is 11.6 Å². The molecule has 0 radical (unpaired) electrons. The molecule has 0 aliphatic carbocycles. The highest BCUT2D eigenvalue weighted by atomic mass is 35.5. The number of cyclic esters (lactones) is 1. The van der Waals surface area contributed by atoms with E-state index in [0.717, 1.165) is 0 Å². The van der Waals surface area contributed by atoms with Gasteiger partial charge >= 0.3 is 5.97 Å². The Labute approximate surface area is 168 Å². The summed E-state index contributed by atoms with van der Waals surface area (Å²) in [5.74, 6) is 1.33. The number of benzene rings is 2. The number of ether oxygens (including phenoxy) is 4. The highest BCUT2D eigenvalue weighted by Crippen LogP contribution is 2.38. The fraction of sp³-hybridized carbons (Fsp3) is 0.238. The number of hydrogen-bond acceptors (Lipinski definition) is 6. The number of methoxy groups -OCH3 is 2. The SMILES string of the molecule is COc1ccc(C2=N/C(=C/c3cc(Cl)c(OC(C)C)c(OC)c3)C(=O)O2)cc1. The topological polar surface area (TPSA) is 66.3 Å². The van der Waals surface area contributed by atoms with Crippen molar-refractivity contribution in [2.24, 2.45) is 4.99 Å². The van der Waals surface area contributed by atoms with Crippen molar-refractivity contribution in [2.45, 2.75) is 20.0 Å². The van der Waals surface area contributed by atoms with Gasteiger partial charge in [0.2, 0.25) is 5.90 Å². The average molecular weight is 402 g/mol. The summed E-state index contributed by atoms with van der Waals surface area (Å²) >= 11 is 6.33. The summed E-state index contributed by atoms with van der Waals surface area (Å²) < 4.78 is 21.5. The normalized spacial score (nSPS) is 14.9. The summed E-state index contributed by atoms with van der Waals surface area (Å²) in [5.41, 5.74) is 1.49. The van der Waals surface area contributed by atoms with Gasteiger partial charge in [0.25, 0.3) is 0 Å². The molecule has 0 amide bonds. The molecule has 3 rings (SSSR count). The van der Waals surface area contributed by atoms with Crippen LogP contribution in [0.2, 0.25) is 5.02 Å². The van der Waals surface area contributed by atoms with Gasteiger partial charge in [0.1, 0.15) is 5.75 Å². The zero-order valence-corrected chi connectivity index (χ0v) is 16.7. The minimum absolute atomic E-state index is 0.0583. The molecule has 1 heterocycles. The Morgan fingerprint density at radius 3 is 2.43 bits per heavy atom. The third-order valence-electron chi connectivity index (χ3n) is 3.87. The van der Waals surface area contributed by atoms with E-state index in [1.807, 2.05) is 13.8 Å². The smallest absolute Gasteiger partial charge is 0.363 e. The fourth-order valence-corrected chi connectivity index (χ4v) is 2.86. The monoisotopic (exact) mass is 401 g/mol. The van der Waals surface area contributed by atoms with Gasteiger partial charge in [-0.25, -0.2) is 9.79 Å². The quantitative estimate of drug-likeness (QED) is 0.527. The number of esters is 1. The molecule has 0 fully saturated rings. The first kappa shape index (κ1) is 19.8.